The van der Waals surface area contributed by atoms with Crippen molar-refractivity contribution in [2.45, 2.75) is 31.5 Å². The maximum Gasteiger partial charge on any atom is 0.276 e. The highest BCUT2D eigenvalue weighted by molar-refractivity contribution is 7.92. The number of hydrogen-bond acceptors (Lipinski definition) is 6. The zero-order chi connectivity index (χ0) is 15.7. The molecule has 0 spiro atoms. The van der Waals surface area contributed by atoms with Crippen molar-refractivity contribution in [3.05, 3.63) is 17.9 Å². The maximum atomic E-state index is 12.4. The minimum atomic E-state index is -3.76. The summed E-state index contributed by atoms with van der Waals surface area (Å²) >= 11 is 0. The SMILES string of the molecule is CC(C)NCc1ccc(S(=O)(=O)N2CCS(=O)(=O)CC2)o1. The molecule has 1 aliphatic heterocycles. The molecule has 0 radical (unpaired) electrons. The minimum Gasteiger partial charge on any atom is -0.447 e. The van der Waals surface area contributed by atoms with Crippen LogP contribution in [0.1, 0.15) is 19.6 Å². The average molecular weight is 336 g/mol. The third-order valence-electron chi connectivity index (χ3n) is 3.22. The maximum absolute atomic E-state index is 12.4. The Morgan fingerprint density at radius 3 is 2.48 bits per heavy atom. The molecule has 2 heterocycles. The van der Waals surface area contributed by atoms with E-state index in [1.807, 2.05) is 13.8 Å². The van der Waals surface area contributed by atoms with Crippen LogP contribution in [0.25, 0.3) is 0 Å². The van der Waals surface area contributed by atoms with E-state index in [2.05, 4.69) is 5.32 Å². The summed E-state index contributed by atoms with van der Waals surface area (Å²) < 4.78 is 54.0. The van der Waals surface area contributed by atoms with E-state index in [1.165, 1.54) is 6.07 Å². The van der Waals surface area contributed by atoms with E-state index in [1.54, 1.807) is 6.07 Å². The Morgan fingerprint density at radius 2 is 1.90 bits per heavy atom. The van der Waals surface area contributed by atoms with Crippen LogP contribution in [0.5, 0.6) is 0 Å². The molecule has 7 nitrogen and oxygen atoms in total. The Kier molecular flexibility index (Phi) is 4.76. The van der Waals surface area contributed by atoms with Gasteiger partial charge in [0, 0.05) is 19.1 Å². The van der Waals surface area contributed by atoms with Crippen molar-refractivity contribution >= 4 is 19.9 Å². The van der Waals surface area contributed by atoms with Crippen LogP contribution in [0.15, 0.2) is 21.6 Å². The van der Waals surface area contributed by atoms with E-state index in [0.29, 0.717) is 12.3 Å². The zero-order valence-corrected chi connectivity index (χ0v) is 13.7. The van der Waals surface area contributed by atoms with E-state index >= 15 is 0 Å². The Balaban J connectivity index is 2.10. The van der Waals surface area contributed by atoms with Crippen LogP contribution in [-0.2, 0) is 26.4 Å². The van der Waals surface area contributed by atoms with Gasteiger partial charge in [0.15, 0.2) is 9.84 Å². The second-order valence-electron chi connectivity index (χ2n) is 5.31. The van der Waals surface area contributed by atoms with E-state index in [-0.39, 0.29) is 35.7 Å². The highest BCUT2D eigenvalue weighted by Crippen LogP contribution is 2.20. The van der Waals surface area contributed by atoms with Gasteiger partial charge in [0.2, 0.25) is 5.09 Å². The Hall–Kier alpha value is -0.900. The molecule has 0 aromatic carbocycles. The number of furan rings is 1. The third kappa shape index (κ3) is 4.06. The van der Waals surface area contributed by atoms with Crippen molar-refractivity contribution in [3.63, 3.8) is 0 Å². The largest absolute Gasteiger partial charge is 0.447 e. The number of rotatable bonds is 5. The monoisotopic (exact) mass is 336 g/mol. The topological polar surface area (TPSA) is 96.7 Å². The summed E-state index contributed by atoms with van der Waals surface area (Å²) in [5.74, 6) is 0.246. The van der Waals surface area contributed by atoms with Crippen molar-refractivity contribution in [1.29, 1.82) is 0 Å². The highest BCUT2D eigenvalue weighted by Gasteiger charge is 2.33. The fourth-order valence-electron chi connectivity index (χ4n) is 1.96. The molecule has 0 bridgehead atoms. The van der Waals surface area contributed by atoms with E-state index in [9.17, 15) is 16.8 Å². The summed E-state index contributed by atoms with van der Waals surface area (Å²) in [6, 6.07) is 3.29. The first-order valence-corrected chi connectivity index (χ1v) is 9.99. The van der Waals surface area contributed by atoms with Gasteiger partial charge in [0.05, 0.1) is 18.1 Å². The second-order valence-corrected chi connectivity index (χ2v) is 9.48. The van der Waals surface area contributed by atoms with Crippen LogP contribution in [0.2, 0.25) is 0 Å². The minimum absolute atomic E-state index is 0.0229. The molecule has 9 heteroatoms. The number of nitrogens with one attached hydrogen (secondary N) is 1. The molecule has 0 saturated carbocycles. The van der Waals surface area contributed by atoms with Crippen molar-refractivity contribution in [3.8, 4) is 0 Å². The molecule has 2 rings (SSSR count). The van der Waals surface area contributed by atoms with Crippen molar-refractivity contribution in [1.82, 2.24) is 9.62 Å². The van der Waals surface area contributed by atoms with Gasteiger partial charge in [0.25, 0.3) is 10.0 Å². The van der Waals surface area contributed by atoms with E-state index in [0.717, 1.165) is 4.31 Å². The predicted octanol–water partition coefficient (Wildman–Crippen LogP) is 0.197. The van der Waals surface area contributed by atoms with E-state index < -0.39 is 19.9 Å². The van der Waals surface area contributed by atoms with Gasteiger partial charge in [-0.25, -0.2) is 16.8 Å². The van der Waals surface area contributed by atoms with Crippen LogP contribution in [0.4, 0.5) is 0 Å². The fourth-order valence-corrected chi connectivity index (χ4v) is 4.76. The van der Waals surface area contributed by atoms with Gasteiger partial charge in [-0.15, -0.1) is 0 Å². The van der Waals surface area contributed by atoms with Gasteiger partial charge >= 0.3 is 0 Å². The molecule has 0 atom stereocenters. The lowest BCUT2D eigenvalue weighted by Gasteiger charge is -2.24. The van der Waals surface area contributed by atoms with Gasteiger partial charge < -0.3 is 9.73 Å². The van der Waals surface area contributed by atoms with Gasteiger partial charge in [-0.3, -0.25) is 0 Å². The van der Waals surface area contributed by atoms with Crippen molar-refractivity contribution in [2.24, 2.45) is 0 Å². The third-order valence-corrected chi connectivity index (χ3v) is 6.60. The highest BCUT2D eigenvalue weighted by atomic mass is 32.2. The average Bonchev–Trinajstić information content (AvgIpc) is 2.85. The molecule has 1 fully saturated rings. The first-order chi connectivity index (χ1) is 9.71. The number of hydrogen-bond donors (Lipinski definition) is 1. The van der Waals surface area contributed by atoms with Crippen LogP contribution in [-0.4, -0.2) is 51.8 Å². The van der Waals surface area contributed by atoms with Gasteiger partial charge in [0.1, 0.15) is 5.76 Å². The van der Waals surface area contributed by atoms with Gasteiger partial charge in [-0.2, -0.15) is 4.31 Å². The normalized spacial score (nSPS) is 20.0. The molecule has 1 aromatic rings. The standard InChI is InChI=1S/C12H20N2O5S2/c1-10(2)13-9-11-3-4-12(19-11)21(17,18)14-5-7-20(15,16)8-6-14/h3-4,10,13H,5-9H2,1-2H3. The first kappa shape index (κ1) is 16.5. The van der Waals surface area contributed by atoms with Crippen molar-refractivity contribution < 1.29 is 21.3 Å². The van der Waals surface area contributed by atoms with Crippen LogP contribution in [0, 0.1) is 0 Å². The molecule has 0 amide bonds. The summed E-state index contributed by atoms with van der Waals surface area (Å²) in [6.45, 7) is 4.36. The summed E-state index contributed by atoms with van der Waals surface area (Å²) in [5.41, 5.74) is 0. The second kappa shape index (κ2) is 6.07. The molecule has 1 aliphatic rings. The Labute approximate surface area is 125 Å². The molecular formula is C12H20N2O5S2. The molecule has 1 N–H and O–H groups in total. The van der Waals surface area contributed by atoms with Crippen LogP contribution < -0.4 is 5.32 Å². The lowest BCUT2D eigenvalue weighted by molar-refractivity contribution is 0.367. The predicted molar refractivity (Wildman–Crippen MR) is 78.1 cm³/mol. The molecular weight excluding hydrogens is 316 g/mol. The molecule has 21 heavy (non-hydrogen) atoms. The Bertz CT molecular complexity index is 677. The van der Waals surface area contributed by atoms with E-state index in [4.69, 9.17) is 4.42 Å². The first-order valence-electron chi connectivity index (χ1n) is 6.73. The Morgan fingerprint density at radius 1 is 1.29 bits per heavy atom. The molecule has 1 aromatic heterocycles. The summed E-state index contributed by atoms with van der Waals surface area (Å²) in [5, 5.41) is 3.00. The molecule has 0 unspecified atom stereocenters. The van der Waals surface area contributed by atoms with Crippen molar-refractivity contribution in [2.75, 3.05) is 24.6 Å². The summed E-state index contributed by atoms with van der Waals surface area (Å²) in [6.07, 6.45) is 0. The quantitative estimate of drug-likeness (QED) is 0.825. The van der Waals surface area contributed by atoms with Gasteiger partial charge in [-0.1, -0.05) is 13.8 Å². The molecule has 1 saturated heterocycles. The summed E-state index contributed by atoms with van der Waals surface area (Å²) in [7, 11) is -6.87. The lowest BCUT2D eigenvalue weighted by Crippen LogP contribution is -2.43. The smallest absolute Gasteiger partial charge is 0.276 e. The fraction of sp³-hybridized carbons (Fsp3) is 0.667. The van der Waals surface area contributed by atoms with Gasteiger partial charge in [-0.05, 0) is 12.1 Å². The zero-order valence-electron chi connectivity index (χ0n) is 12.1. The molecule has 0 aliphatic carbocycles. The molecule has 120 valence electrons. The van der Waals surface area contributed by atoms with Crippen LogP contribution >= 0.6 is 0 Å². The number of sulfone groups is 1. The lowest BCUT2D eigenvalue weighted by atomic mass is 10.3. The number of sulfonamides is 1. The summed E-state index contributed by atoms with van der Waals surface area (Å²) in [4.78, 5) is 0. The number of nitrogens with zero attached hydrogens (tertiary/aromatic N) is 1. The van der Waals surface area contributed by atoms with Crippen LogP contribution in [0.3, 0.4) is 0 Å².